The van der Waals surface area contributed by atoms with Crippen LogP contribution in [-0.2, 0) is 39.8 Å². The molecule has 0 aromatic heterocycles. The van der Waals surface area contributed by atoms with Gasteiger partial charge in [-0.15, -0.1) is 0 Å². The fourth-order valence-electron chi connectivity index (χ4n) is 6.69. The van der Waals surface area contributed by atoms with E-state index in [9.17, 15) is 0 Å². The second-order valence-corrected chi connectivity index (χ2v) is 18.8. The smallest absolute Gasteiger partial charge is 0.377 e. The maximum Gasteiger partial charge on any atom is 0.503 e. The van der Waals surface area contributed by atoms with E-state index in [0.717, 1.165) is 25.7 Å². The average molecular weight is 529 g/mol. The van der Waals surface area contributed by atoms with E-state index < -0.39 is 26.4 Å². The van der Waals surface area contributed by atoms with Crippen LogP contribution < -0.4 is 0 Å². The molecule has 9 nitrogen and oxygen atoms in total. The van der Waals surface area contributed by atoms with E-state index in [4.69, 9.17) is 39.8 Å². The summed E-state index contributed by atoms with van der Waals surface area (Å²) in [4.78, 5) is 0. The summed E-state index contributed by atoms with van der Waals surface area (Å²) in [6, 6.07) is 0. The molecule has 0 amide bonds. The number of hydrogen-bond donors (Lipinski definition) is 0. The molecule has 0 saturated heterocycles. The van der Waals surface area contributed by atoms with Crippen molar-refractivity contribution in [3.05, 3.63) is 0 Å². The van der Waals surface area contributed by atoms with Crippen LogP contribution in [0.5, 0.6) is 0 Å². The first-order valence-corrected chi connectivity index (χ1v) is 17.0. The van der Waals surface area contributed by atoms with E-state index in [1.165, 1.54) is 0 Å². The lowest BCUT2D eigenvalue weighted by molar-refractivity contribution is -0.0132. The van der Waals surface area contributed by atoms with Crippen molar-refractivity contribution in [2.45, 2.75) is 63.1 Å². The van der Waals surface area contributed by atoms with Crippen molar-refractivity contribution in [3.8, 4) is 0 Å². The van der Waals surface area contributed by atoms with Crippen LogP contribution in [0, 0.1) is 11.3 Å². The summed E-state index contributed by atoms with van der Waals surface area (Å²) in [5.41, 5.74) is -0.541. The predicted octanol–water partition coefficient (Wildman–Crippen LogP) is 3.97. The molecule has 0 spiro atoms. The molecule has 1 rings (SSSR count). The summed E-state index contributed by atoms with van der Waals surface area (Å²) in [7, 11) is 5.86. The average Bonchev–Trinajstić information content (AvgIpc) is 2.87. The zero-order valence-corrected chi connectivity index (χ0v) is 25.8. The van der Waals surface area contributed by atoms with Gasteiger partial charge in [0.05, 0.1) is 0 Å². The summed E-state index contributed by atoms with van der Waals surface area (Å²) in [6.07, 6.45) is 4.05. The second-order valence-electron chi connectivity index (χ2n) is 8.84. The Labute approximate surface area is 204 Å². The van der Waals surface area contributed by atoms with Crippen molar-refractivity contribution in [2.24, 2.45) is 11.3 Å². The zero-order valence-electron chi connectivity index (χ0n) is 22.8. The van der Waals surface area contributed by atoms with Crippen molar-refractivity contribution >= 4 is 26.4 Å². The van der Waals surface area contributed by atoms with Gasteiger partial charge in [-0.2, -0.15) is 0 Å². The van der Waals surface area contributed by atoms with Crippen molar-refractivity contribution < 1.29 is 39.8 Å². The summed E-state index contributed by atoms with van der Waals surface area (Å²) >= 11 is 0. The summed E-state index contributed by atoms with van der Waals surface area (Å²) in [6.45, 7) is 6.54. The Balaban J connectivity index is 3.91. The zero-order chi connectivity index (χ0) is 25.5. The van der Waals surface area contributed by atoms with Gasteiger partial charge in [-0.1, -0.05) is 33.6 Å². The number of hydrogen-bond acceptors (Lipinski definition) is 9. The van der Waals surface area contributed by atoms with E-state index in [1.807, 2.05) is 0 Å². The van der Waals surface area contributed by atoms with Gasteiger partial charge in [-0.3, -0.25) is 0 Å². The van der Waals surface area contributed by atoms with E-state index in [1.54, 1.807) is 64.0 Å². The highest BCUT2D eigenvalue weighted by Gasteiger charge is 2.69. The van der Waals surface area contributed by atoms with Crippen LogP contribution in [0.15, 0.2) is 0 Å². The van der Waals surface area contributed by atoms with Crippen LogP contribution in [0.1, 0.15) is 46.5 Å². The molecule has 1 fully saturated rings. The predicted molar refractivity (Wildman–Crippen MR) is 133 cm³/mol. The van der Waals surface area contributed by atoms with Crippen molar-refractivity contribution in [1.82, 2.24) is 0 Å². The van der Waals surface area contributed by atoms with Crippen LogP contribution in [0.4, 0.5) is 0 Å². The molecule has 1 aliphatic carbocycles. The minimum atomic E-state index is -3.09. The first-order valence-electron chi connectivity index (χ1n) is 11.6. The molecule has 0 radical (unpaired) electrons. The lowest BCUT2D eigenvalue weighted by Gasteiger charge is -2.58. The highest BCUT2D eigenvalue weighted by Crippen LogP contribution is 2.65. The van der Waals surface area contributed by atoms with Crippen molar-refractivity contribution in [2.75, 3.05) is 64.0 Å². The Bertz CT molecular complexity index is 520. The summed E-state index contributed by atoms with van der Waals surface area (Å²) in [5, 5.41) is 0. The Morgan fingerprint density at radius 2 is 0.879 bits per heavy atom. The molecule has 0 aliphatic heterocycles. The van der Waals surface area contributed by atoms with E-state index >= 15 is 0 Å². The quantitative estimate of drug-likeness (QED) is 0.293. The van der Waals surface area contributed by atoms with Gasteiger partial charge in [0.1, 0.15) is 0 Å². The van der Waals surface area contributed by atoms with Crippen molar-refractivity contribution in [3.63, 3.8) is 0 Å². The van der Waals surface area contributed by atoms with Gasteiger partial charge >= 0.3 is 26.4 Å². The van der Waals surface area contributed by atoms with E-state index in [2.05, 4.69) is 20.8 Å². The molecular formula is C21H48O9Si3. The molecule has 0 heterocycles. The molecule has 0 N–H and O–H groups in total. The van der Waals surface area contributed by atoms with Crippen LogP contribution in [0.2, 0.25) is 16.6 Å². The van der Waals surface area contributed by atoms with Gasteiger partial charge in [0.2, 0.25) is 0 Å². The molecule has 1 saturated carbocycles. The summed E-state index contributed by atoms with van der Waals surface area (Å²) in [5.74, 6) is 0.141. The van der Waals surface area contributed by atoms with Gasteiger partial charge in [0.15, 0.2) is 0 Å². The van der Waals surface area contributed by atoms with Gasteiger partial charge in [-0.25, -0.2) is 0 Å². The fourth-order valence-corrected chi connectivity index (χ4v) is 15.1. The maximum atomic E-state index is 6.04. The molecule has 12 heteroatoms. The lowest BCUT2D eigenvalue weighted by Crippen LogP contribution is -2.64. The normalized spacial score (nSPS) is 25.6. The van der Waals surface area contributed by atoms with E-state index in [0.29, 0.717) is 0 Å². The first-order chi connectivity index (χ1) is 15.6. The third kappa shape index (κ3) is 5.23. The van der Waals surface area contributed by atoms with Crippen LogP contribution >= 0.6 is 0 Å². The molecule has 4 unspecified atom stereocenters. The highest BCUT2D eigenvalue weighted by atomic mass is 28.4. The van der Waals surface area contributed by atoms with Gasteiger partial charge in [-0.05, 0) is 24.2 Å². The standard InChI is InChI=1S/C21H48O9Si3/c1-17(31(22-4,23-5)24-6)20-15-13-14-16-21(20,18(2)32(25-7,26-8)27-9)19(3)33(28-10,29-11)30-12/h17-20H,13-16H2,1-12H3. The minimum Gasteiger partial charge on any atom is -0.377 e. The van der Waals surface area contributed by atoms with Gasteiger partial charge in [0.25, 0.3) is 0 Å². The Morgan fingerprint density at radius 3 is 1.18 bits per heavy atom. The molecule has 0 aromatic carbocycles. The van der Waals surface area contributed by atoms with E-state index in [-0.39, 0.29) is 28.0 Å². The van der Waals surface area contributed by atoms with Crippen LogP contribution in [-0.4, -0.2) is 90.4 Å². The molecule has 33 heavy (non-hydrogen) atoms. The molecular weight excluding hydrogens is 480 g/mol. The molecule has 0 aromatic rings. The van der Waals surface area contributed by atoms with Crippen LogP contribution in [0.25, 0.3) is 0 Å². The van der Waals surface area contributed by atoms with Crippen molar-refractivity contribution in [1.29, 1.82) is 0 Å². The SMILES string of the molecule is CO[Si](OC)(OC)C(C)C1CCCCC1(C(C)[Si](OC)(OC)OC)C(C)[Si](OC)(OC)OC. The van der Waals surface area contributed by atoms with Crippen LogP contribution in [0.3, 0.4) is 0 Å². The third-order valence-electron chi connectivity index (χ3n) is 8.46. The second kappa shape index (κ2) is 13.0. The summed E-state index contributed by atoms with van der Waals surface area (Å²) < 4.78 is 54.1. The first kappa shape index (κ1) is 31.3. The molecule has 198 valence electrons. The monoisotopic (exact) mass is 528 g/mol. The minimum absolute atomic E-state index is 0.00256. The number of rotatable bonds is 15. The highest BCUT2D eigenvalue weighted by molar-refractivity contribution is 6.65. The molecule has 4 atom stereocenters. The Morgan fingerprint density at radius 1 is 0.545 bits per heavy atom. The van der Waals surface area contributed by atoms with Gasteiger partial charge < -0.3 is 39.8 Å². The Hall–Kier alpha value is 0.291. The Kier molecular flexibility index (Phi) is 12.4. The van der Waals surface area contributed by atoms with Gasteiger partial charge in [0, 0.05) is 80.6 Å². The fraction of sp³-hybridized carbons (Fsp3) is 1.00. The molecule has 1 aliphatic rings. The largest absolute Gasteiger partial charge is 0.503 e. The lowest BCUT2D eigenvalue weighted by atomic mass is 9.61. The molecule has 0 bridgehead atoms. The topological polar surface area (TPSA) is 83.1 Å². The third-order valence-corrected chi connectivity index (χ3v) is 18.3. The maximum absolute atomic E-state index is 6.04.